The monoisotopic (exact) mass is 416 g/mol. The molecular formula is C20H21ClN4O2S. The van der Waals surface area contributed by atoms with Gasteiger partial charge in [-0.1, -0.05) is 42.4 Å². The number of benzene rings is 2. The molecule has 28 heavy (non-hydrogen) atoms. The number of hydrogen-bond acceptors (Lipinski definition) is 5. The SMILES string of the molecule is CCc1ccc(OCc2nc(SCC(=O)Nc3ccc(Cl)cc3C)n[nH]2)cc1. The van der Waals surface area contributed by atoms with Gasteiger partial charge < -0.3 is 10.1 Å². The molecule has 0 aliphatic heterocycles. The van der Waals surface area contributed by atoms with Gasteiger partial charge in [-0.15, -0.1) is 5.10 Å². The number of aromatic amines is 1. The molecule has 8 heteroatoms. The average Bonchev–Trinajstić information content (AvgIpc) is 3.15. The number of aryl methyl sites for hydroxylation is 2. The topological polar surface area (TPSA) is 79.9 Å². The number of rotatable bonds is 8. The highest BCUT2D eigenvalue weighted by atomic mass is 35.5. The number of amides is 1. The lowest BCUT2D eigenvalue weighted by Crippen LogP contribution is -2.14. The summed E-state index contributed by atoms with van der Waals surface area (Å²) in [5.41, 5.74) is 2.92. The summed E-state index contributed by atoms with van der Waals surface area (Å²) in [4.78, 5) is 16.5. The number of ether oxygens (including phenoxy) is 1. The van der Waals surface area contributed by atoms with E-state index in [9.17, 15) is 4.79 Å². The number of halogens is 1. The summed E-state index contributed by atoms with van der Waals surface area (Å²) in [5.74, 6) is 1.46. The molecule has 2 aromatic carbocycles. The Morgan fingerprint density at radius 3 is 2.75 bits per heavy atom. The summed E-state index contributed by atoms with van der Waals surface area (Å²) in [6.07, 6.45) is 0.994. The van der Waals surface area contributed by atoms with E-state index in [0.29, 0.717) is 16.0 Å². The number of thioether (sulfide) groups is 1. The van der Waals surface area contributed by atoms with Gasteiger partial charge in [-0.25, -0.2) is 4.98 Å². The standard InChI is InChI=1S/C20H21ClN4O2S/c1-3-14-4-7-16(8-5-14)27-11-18-23-20(25-24-18)28-12-19(26)22-17-9-6-15(21)10-13(17)2/h4-10H,3,11-12H2,1-2H3,(H,22,26)(H,23,24,25). The van der Waals surface area contributed by atoms with Crippen molar-refractivity contribution in [3.8, 4) is 5.75 Å². The quantitative estimate of drug-likeness (QED) is 0.523. The number of nitrogens with one attached hydrogen (secondary N) is 2. The smallest absolute Gasteiger partial charge is 0.234 e. The molecule has 0 aliphatic carbocycles. The van der Waals surface area contributed by atoms with Gasteiger partial charge in [0.25, 0.3) is 0 Å². The van der Waals surface area contributed by atoms with Crippen LogP contribution in [0.25, 0.3) is 0 Å². The van der Waals surface area contributed by atoms with Gasteiger partial charge in [-0.3, -0.25) is 9.89 Å². The van der Waals surface area contributed by atoms with Gasteiger partial charge in [0.2, 0.25) is 11.1 Å². The van der Waals surface area contributed by atoms with Crippen molar-refractivity contribution in [1.82, 2.24) is 15.2 Å². The second-order valence-corrected chi connectivity index (χ2v) is 7.53. The molecule has 1 heterocycles. The Balaban J connectivity index is 1.46. The van der Waals surface area contributed by atoms with Crippen LogP contribution in [-0.4, -0.2) is 26.8 Å². The Hall–Kier alpha value is -2.51. The van der Waals surface area contributed by atoms with E-state index in [4.69, 9.17) is 16.3 Å². The third-order valence-electron chi connectivity index (χ3n) is 4.01. The van der Waals surface area contributed by atoms with E-state index in [-0.39, 0.29) is 18.3 Å². The number of aromatic nitrogens is 3. The molecule has 6 nitrogen and oxygen atoms in total. The molecule has 0 saturated heterocycles. The molecule has 0 bridgehead atoms. The fraction of sp³-hybridized carbons (Fsp3) is 0.250. The molecule has 1 aromatic heterocycles. The molecule has 3 aromatic rings. The molecule has 0 atom stereocenters. The van der Waals surface area contributed by atoms with Crippen LogP contribution in [0.4, 0.5) is 5.69 Å². The third-order valence-corrected chi connectivity index (χ3v) is 5.10. The van der Waals surface area contributed by atoms with Crippen molar-refractivity contribution in [2.24, 2.45) is 0 Å². The van der Waals surface area contributed by atoms with Crippen molar-refractivity contribution >= 4 is 35.0 Å². The molecule has 0 radical (unpaired) electrons. The number of nitrogens with zero attached hydrogens (tertiary/aromatic N) is 2. The number of anilines is 1. The Labute approximate surface area is 173 Å². The highest BCUT2D eigenvalue weighted by molar-refractivity contribution is 7.99. The van der Waals surface area contributed by atoms with Gasteiger partial charge in [0.15, 0.2) is 5.82 Å². The summed E-state index contributed by atoms with van der Waals surface area (Å²) in [6.45, 7) is 4.29. The average molecular weight is 417 g/mol. The molecular weight excluding hydrogens is 396 g/mol. The molecule has 0 unspecified atom stereocenters. The van der Waals surface area contributed by atoms with Gasteiger partial charge in [0.1, 0.15) is 12.4 Å². The first-order valence-corrected chi connectivity index (χ1v) is 10.2. The van der Waals surface area contributed by atoms with Gasteiger partial charge in [-0.05, 0) is 54.8 Å². The maximum atomic E-state index is 12.1. The van der Waals surface area contributed by atoms with Crippen LogP contribution in [0.3, 0.4) is 0 Å². The van der Waals surface area contributed by atoms with Crippen LogP contribution < -0.4 is 10.1 Å². The van der Waals surface area contributed by atoms with Gasteiger partial charge in [0, 0.05) is 10.7 Å². The zero-order valence-electron chi connectivity index (χ0n) is 15.7. The van der Waals surface area contributed by atoms with Gasteiger partial charge >= 0.3 is 0 Å². The van der Waals surface area contributed by atoms with Crippen molar-refractivity contribution in [2.75, 3.05) is 11.1 Å². The second-order valence-electron chi connectivity index (χ2n) is 6.15. The minimum absolute atomic E-state index is 0.131. The van der Waals surface area contributed by atoms with Crippen molar-refractivity contribution in [1.29, 1.82) is 0 Å². The van der Waals surface area contributed by atoms with E-state index < -0.39 is 0 Å². The maximum Gasteiger partial charge on any atom is 0.234 e. The summed E-state index contributed by atoms with van der Waals surface area (Å²) in [6, 6.07) is 13.3. The highest BCUT2D eigenvalue weighted by Crippen LogP contribution is 2.20. The van der Waals surface area contributed by atoms with E-state index in [1.165, 1.54) is 17.3 Å². The highest BCUT2D eigenvalue weighted by Gasteiger charge is 2.10. The zero-order valence-corrected chi connectivity index (χ0v) is 17.2. The lowest BCUT2D eigenvalue weighted by Gasteiger charge is -2.07. The Morgan fingerprint density at radius 2 is 2.04 bits per heavy atom. The van der Waals surface area contributed by atoms with Gasteiger partial charge in [0.05, 0.1) is 5.75 Å². The molecule has 0 saturated carbocycles. The lowest BCUT2D eigenvalue weighted by molar-refractivity contribution is -0.113. The number of carbonyl (C=O) groups excluding carboxylic acids is 1. The fourth-order valence-electron chi connectivity index (χ4n) is 2.46. The lowest BCUT2D eigenvalue weighted by atomic mass is 10.2. The summed E-state index contributed by atoms with van der Waals surface area (Å²) in [7, 11) is 0. The molecule has 3 rings (SSSR count). The van der Waals surface area contributed by atoms with Crippen LogP contribution >= 0.6 is 23.4 Å². The van der Waals surface area contributed by atoms with E-state index in [1.807, 2.05) is 37.3 Å². The van der Waals surface area contributed by atoms with Crippen LogP contribution in [0.1, 0.15) is 23.9 Å². The predicted octanol–water partition coefficient (Wildman–Crippen LogP) is 4.64. The van der Waals surface area contributed by atoms with E-state index in [2.05, 4.69) is 27.4 Å². The summed E-state index contributed by atoms with van der Waals surface area (Å²) < 4.78 is 5.70. The largest absolute Gasteiger partial charge is 0.486 e. The molecule has 146 valence electrons. The minimum atomic E-state index is -0.131. The Bertz CT molecular complexity index is 944. The van der Waals surface area contributed by atoms with E-state index in [1.54, 1.807) is 12.1 Å². The van der Waals surface area contributed by atoms with Crippen molar-refractivity contribution in [3.05, 3.63) is 64.4 Å². The molecule has 2 N–H and O–H groups in total. The number of H-pyrrole nitrogens is 1. The number of carbonyl (C=O) groups is 1. The second kappa shape index (κ2) is 9.61. The molecule has 0 fully saturated rings. The van der Waals surface area contributed by atoms with E-state index in [0.717, 1.165) is 23.4 Å². The predicted molar refractivity (Wildman–Crippen MR) is 112 cm³/mol. The molecule has 0 aliphatic rings. The van der Waals surface area contributed by atoms with Crippen LogP contribution in [0.15, 0.2) is 47.6 Å². The van der Waals surface area contributed by atoms with Crippen molar-refractivity contribution in [3.63, 3.8) is 0 Å². The van der Waals surface area contributed by atoms with Crippen LogP contribution in [-0.2, 0) is 17.8 Å². The Morgan fingerprint density at radius 1 is 1.25 bits per heavy atom. The van der Waals surface area contributed by atoms with Crippen molar-refractivity contribution < 1.29 is 9.53 Å². The van der Waals surface area contributed by atoms with Crippen LogP contribution in [0.5, 0.6) is 5.75 Å². The third kappa shape index (κ3) is 5.74. The molecule has 0 spiro atoms. The first kappa shape index (κ1) is 20.2. The van der Waals surface area contributed by atoms with Crippen LogP contribution in [0.2, 0.25) is 5.02 Å². The molecule has 1 amide bonds. The normalized spacial score (nSPS) is 10.7. The Kier molecular flexibility index (Phi) is 6.95. The first-order chi connectivity index (χ1) is 13.5. The zero-order chi connectivity index (χ0) is 19.9. The summed E-state index contributed by atoms with van der Waals surface area (Å²) in [5, 5.41) is 11.0. The minimum Gasteiger partial charge on any atom is -0.486 e. The van der Waals surface area contributed by atoms with Crippen LogP contribution in [0, 0.1) is 6.92 Å². The van der Waals surface area contributed by atoms with E-state index >= 15 is 0 Å². The summed E-state index contributed by atoms with van der Waals surface area (Å²) >= 11 is 7.19. The maximum absolute atomic E-state index is 12.1. The van der Waals surface area contributed by atoms with Gasteiger partial charge in [-0.2, -0.15) is 0 Å². The fourth-order valence-corrected chi connectivity index (χ4v) is 3.31. The number of hydrogen-bond donors (Lipinski definition) is 2. The van der Waals surface area contributed by atoms with Crippen molar-refractivity contribution in [2.45, 2.75) is 32.0 Å². The first-order valence-electron chi connectivity index (χ1n) is 8.85.